The molecule has 1 N–H and O–H groups in total. The van der Waals surface area contributed by atoms with Crippen LogP contribution in [0.25, 0.3) is 0 Å². The van der Waals surface area contributed by atoms with E-state index in [-0.39, 0.29) is 12.0 Å². The molecule has 0 bridgehead atoms. The fourth-order valence-corrected chi connectivity index (χ4v) is 3.77. The maximum atomic E-state index is 12.2. The second-order valence-corrected chi connectivity index (χ2v) is 6.86. The Morgan fingerprint density at radius 1 is 1.36 bits per heavy atom. The third-order valence-corrected chi connectivity index (χ3v) is 5.04. The first-order valence-electron chi connectivity index (χ1n) is 8.63. The normalized spacial score (nSPS) is 25.9. The number of carbonyl (C=O) groups is 1. The molecule has 4 heterocycles. The molecule has 2 aliphatic heterocycles. The van der Waals surface area contributed by atoms with Gasteiger partial charge in [0, 0.05) is 62.0 Å². The molecule has 1 amide bonds. The first-order valence-corrected chi connectivity index (χ1v) is 8.63. The van der Waals surface area contributed by atoms with E-state index in [1.165, 1.54) is 0 Å². The predicted molar refractivity (Wildman–Crippen MR) is 89.8 cm³/mol. The van der Waals surface area contributed by atoms with Gasteiger partial charge in [0.1, 0.15) is 5.76 Å². The van der Waals surface area contributed by atoms with Crippen molar-refractivity contribution < 1.29 is 14.1 Å². The third kappa shape index (κ3) is 3.57. The van der Waals surface area contributed by atoms with Crippen molar-refractivity contribution in [2.45, 2.75) is 19.6 Å². The summed E-state index contributed by atoms with van der Waals surface area (Å²) in [6.07, 6.45) is 3.50. The second-order valence-electron chi connectivity index (χ2n) is 6.86. The van der Waals surface area contributed by atoms with Crippen molar-refractivity contribution in [3.63, 3.8) is 0 Å². The molecule has 0 aromatic carbocycles. The molecule has 0 saturated carbocycles. The summed E-state index contributed by atoms with van der Waals surface area (Å²) in [5.74, 6) is 1.58. The smallest absolute Gasteiger partial charge is 0.251 e. The minimum Gasteiger partial charge on any atom is -0.376 e. The fourth-order valence-electron chi connectivity index (χ4n) is 3.77. The van der Waals surface area contributed by atoms with E-state index in [2.05, 4.69) is 20.4 Å². The van der Waals surface area contributed by atoms with Crippen LogP contribution in [-0.4, -0.2) is 53.3 Å². The number of likely N-dealkylation sites (tertiary alicyclic amines) is 1. The molecule has 0 radical (unpaired) electrons. The number of carbonyl (C=O) groups excluding carboxylic acids is 1. The van der Waals surface area contributed by atoms with Crippen LogP contribution in [0.15, 0.2) is 35.1 Å². The van der Waals surface area contributed by atoms with E-state index in [1.807, 2.05) is 13.0 Å². The Kier molecular flexibility index (Phi) is 4.50. The number of nitrogens with one attached hydrogen (secondary N) is 1. The topological polar surface area (TPSA) is 80.5 Å². The van der Waals surface area contributed by atoms with E-state index in [1.54, 1.807) is 24.5 Å². The van der Waals surface area contributed by atoms with Gasteiger partial charge in [-0.2, -0.15) is 0 Å². The molecule has 2 aromatic heterocycles. The monoisotopic (exact) mass is 342 g/mol. The first kappa shape index (κ1) is 16.2. The van der Waals surface area contributed by atoms with E-state index in [0.29, 0.717) is 30.6 Å². The third-order valence-electron chi connectivity index (χ3n) is 5.04. The van der Waals surface area contributed by atoms with Crippen LogP contribution >= 0.6 is 0 Å². The Morgan fingerprint density at radius 2 is 2.20 bits per heavy atom. The quantitative estimate of drug-likeness (QED) is 0.881. The largest absolute Gasteiger partial charge is 0.376 e. The molecule has 0 unspecified atom stereocenters. The van der Waals surface area contributed by atoms with E-state index in [0.717, 1.165) is 31.1 Å². The molecule has 0 aliphatic carbocycles. The summed E-state index contributed by atoms with van der Waals surface area (Å²) in [6, 6.07) is 5.42. The average molecular weight is 342 g/mol. The second kappa shape index (κ2) is 6.93. The molecule has 3 atom stereocenters. The SMILES string of the molecule is Cc1cc(CN2C[C@@H]3[C@@H](CNC(=O)c4ccncc4)CO[C@@H]3C2)no1. The number of amides is 1. The van der Waals surface area contributed by atoms with Crippen LogP contribution in [0.4, 0.5) is 0 Å². The Labute approximate surface area is 146 Å². The minimum absolute atomic E-state index is 0.0567. The Bertz CT molecular complexity index is 733. The number of rotatable bonds is 5. The summed E-state index contributed by atoms with van der Waals surface area (Å²) >= 11 is 0. The van der Waals surface area contributed by atoms with Crippen LogP contribution < -0.4 is 5.32 Å². The Morgan fingerprint density at radius 3 is 2.96 bits per heavy atom. The van der Waals surface area contributed by atoms with Gasteiger partial charge in [-0.05, 0) is 19.1 Å². The number of nitrogens with zero attached hydrogens (tertiary/aromatic N) is 3. The molecule has 7 heteroatoms. The van der Waals surface area contributed by atoms with Crippen LogP contribution in [0.5, 0.6) is 0 Å². The molecule has 2 aromatic rings. The highest BCUT2D eigenvalue weighted by molar-refractivity contribution is 5.93. The van der Waals surface area contributed by atoms with Gasteiger partial charge in [-0.1, -0.05) is 5.16 Å². The average Bonchev–Trinajstić information content (AvgIpc) is 3.30. The van der Waals surface area contributed by atoms with Gasteiger partial charge < -0.3 is 14.6 Å². The van der Waals surface area contributed by atoms with Gasteiger partial charge in [0.25, 0.3) is 5.91 Å². The number of aromatic nitrogens is 2. The zero-order chi connectivity index (χ0) is 17.2. The molecule has 4 rings (SSSR count). The van der Waals surface area contributed by atoms with Gasteiger partial charge >= 0.3 is 0 Å². The molecular formula is C18H22N4O3. The van der Waals surface area contributed by atoms with Crippen molar-refractivity contribution in [3.8, 4) is 0 Å². The van der Waals surface area contributed by atoms with Gasteiger partial charge in [-0.25, -0.2) is 0 Å². The number of hydrogen-bond acceptors (Lipinski definition) is 6. The van der Waals surface area contributed by atoms with Crippen LogP contribution in [0.3, 0.4) is 0 Å². The van der Waals surface area contributed by atoms with Crippen LogP contribution in [0.1, 0.15) is 21.8 Å². The maximum absolute atomic E-state index is 12.2. The van der Waals surface area contributed by atoms with Gasteiger partial charge in [-0.15, -0.1) is 0 Å². The van der Waals surface area contributed by atoms with Gasteiger partial charge in [0.15, 0.2) is 0 Å². The number of ether oxygens (including phenoxy) is 1. The summed E-state index contributed by atoms with van der Waals surface area (Å²) < 4.78 is 11.1. The first-order chi connectivity index (χ1) is 12.2. The molecular weight excluding hydrogens is 320 g/mol. The van der Waals surface area contributed by atoms with E-state index in [4.69, 9.17) is 9.26 Å². The lowest BCUT2D eigenvalue weighted by atomic mass is 9.93. The summed E-state index contributed by atoms with van der Waals surface area (Å²) in [5.41, 5.74) is 1.60. The van der Waals surface area contributed by atoms with Crippen molar-refractivity contribution in [1.82, 2.24) is 20.4 Å². The van der Waals surface area contributed by atoms with Crippen molar-refractivity contribution in [3.05, 3.63) is 47.6 Å². The number of hydrogen-bond donors (Lipinski definition) is 1. The highest BCUT2D eigenvalue weighted by atomic mass is 16.5. The highest BCUT2D eigenvalue weighted by Crippen LogP contribution is 2.34. The van der Waals surface area contributed by atoms with Crippen LogP contribution in [0.2, 0.25) is 0 Å². The van der Waals surface area contributed by atoms with Crippen molar-refractivity contribution in [2.75, 3.05) is 26.2 Å². The lowest BCUT2D eigenvalue weighted by molar-refractivity contribution is 0.0901. The number of pyridine rings is 1. The number of fused-ring (bicyclic) bond motifs is 1. The van der Waals surface area contributed by atoms with Crippen molar-refractivity contribution in [1.29, 1.82) is 0 Å². The van der Waals surface area contributed by atoms with Crippen LogP contribution in [0, 0.1) is 18.8 Å². The molecule has 2 saturated heterocycles. The predicted octanol–water partition coefficient (Wildman–Crippen LogP) is 1.25. The zero-order valence-corrected chi connectivity index (χ0v) is 14.2. The highest BCUT2D eigenvalue weighted by Gasteiger charge is 2.43. The standard InChI is InChI=1S/C18H22N4O3/c1-12-6-15(21-25-12)8-22-9-16-14(11-24-17(16)10-22)7-20-18(23)13-2-4-19-5-3-13/h2-6,14,16-17H,7-11H2,1H3,(H,20,23)/t14-,16+,17+/m0/s1. The minimum atomic E-state index is -0.0567. The molecule has 0 spiro atoms. The van der Waals surface area contributed by atoms with Crippen molar-refractivity contribution >= 4 is 5.91 Å². The van der Waals surface area contributed by atoms with Crippen LogP contribution in [-0.2, 0) is 11.3 Å². The Hall–Kier alpha value is -2.25. The molecule has 25 heavy (non-hydrogen) atoms. The van der Waals surface area contributed by atoms with Gasteiger partial charge in [0.05, 0.1) is 18.4 Å². The van der Waals surface area contributed by atoms with E-state index >= 15 is 0 Å². The molecule has 132 valence electrons. The summed E-state index contributed by atoms with van der Waals surface area (Å²) in [4.78, 5) is 18.5. The lowest BCUT2D eigenvalue weighted by Gasteiger charge is -2.19. The van der Waals surface area contributed by atoms with Gasteiger partial charge in [-0.3, -0.25) is 14.7 Å². The maximum Gasteiger partial charge on any atom is 0.251 e. The summed E-state index contributed by atoms with van der Waals surface area (Å²) in [7, 11) is 0. The zero-order valence-electron chi connectivity index (χ0n) is 14.2. The lowest BCUT2D eigenvalue weighted by Crippen LogP contribution is -2.34. The molecule has 2 aliphatic rings. The van der Waals surface area contributed by atoms with Gasteiger partial charge in [0.2, 0.25) is 0 Å². The number of aryl methyl sites for hydroxylation is 1. The summed E-state index contributed by atoms with van der Waals surface area (Å²) in [6.45, 7) is 5.91. The van der Waals surface area contributed by atoms with E-state index < -0.39 is 0 Å². The Balaban J connectivity index is 1.30. The molecule has 7 nitrogen and oxygen atoms in total. The van der Waals surface area contributed by atoms with E-state index in [9.17, 15) is 4.79 Å². The molecule has 2 fully saturated rings. The summed E-state index contributed by atoms with van der Waals surface area (Å²) in [5, 5.41) is 7.09. The van der Waals surface area contributed by atoms with Crippen molar-refractivity contribution in [2.24, 2.45) is 11.8 Å². The fraction of sp³-hybridized carbons (Fsp3) is 0.500.